The zero-order valence-electron chi connectivity index (χ0n) is 9.16. The highest BCUT2D eigenvalue weighted by Gasteiger charge is 2.36. The van der Waals surface area contributed by atoms with Crippen LogP contribution in [0, 0.1) is 0 Å². The fraction of sp³-hybridized carbons (Fsp3) is 0.727. The Morgan fingerprint density at radius 2 is 2.40 bits per heavy atom. The van der Waals surface area contributed by atoms with E-state index in [2.05, 4.69) is 10.4 Å². The van der Waals surface area contributed by atoms with Gasteiger partial charge in [0.05, 0.1) is 22.8 Å². The van der Waals surface area contributed by atoms with Gasteiger partial charge in [-0.2, -0.15) is 0 Å². The van der Waals surface area contributed by atoms with Crippen molar-refractivity contribution in [1.29, 1.82) is 0 Å². The number of nitrogens with two attached hydrogens (primary N) is 1. The van der Waals surface area contributed by atoms with Crippen molar-refractivity contribution in [2.24, 2.45) is 5.73 Å². The van der Waals surface area contributed by atoms with Gasteiger partial charge < -0.3 is 10.5 Å². The van der Waals surface area contributed by atoms with Gasteiger partial charge in [0.15, 0.2) is 0 Å². The molecule has 1 aliphatic carbocycles. The van der Waals surface area contributed by atoms with Gasteiger partial charge in [0, 0.05) is 18.4 Å². The molecule has 0 saturated heterocycles. The molecule has 4 heteroatoms. The fourth-order valence-corrected chi connectivity index (χ4v) is 2.66. The molecule has 1 aromatic heterocycles. The summed E-state index contributed by atoms with van der Waals surface area (Å²) >= 11 is 1.71. The molecule has 2 N–H and O–H groups in total. The summed E-state index contributed by atoms with van der Waals surface area (Å²) < 4.78 is 5.31. The van der Waals surface area contributed by atoms with E-state index in [4.69, 9.17) is 10.5 Å². The summed E-state index contributed by atoms with van der Waals surface area (Å²) in [6.45, 7) is 3.55. The third-order valence-corrected chi connectivity index (χ3v) is 3.88. The quantitative estimate of drug-likeness (QED) is 0.782. The minimum absolute atomic E-state index is 0.111. The van der Waals surface area contributed by atoms with Crippen LogP contribution in [0.4, 0.5) is 0 Å². The molecule has 0 bridgehead atoms. The summed E-state index contributed by atoms with van der Waals surface area (Å²) in [4.78, 5) is 4.59. The first-order chi connectivity index (χ1) is 7.24. The summed E-state index contributed by atoms with van der Waals surface area (Å²) in [5.41, 5.74) is 7.18. The number of rotatable bonds is 5. The van der Waals surface area contributed by atoms with E-state index >= 15 is 0 Å². The molecule has 2 rings (SSSR count). The number of ether oxygens (including phenoxy) is 1. The van der Waals surface area contributed by atoms with E-state index in [1.165, 1.54) is 6.42 Å². The highest BCUT2D eigenvalue weighted by molar-refractivity contribution is 7.09. The smallest absolute Gasteiger partial charge is 0.0952 e. The number of thiazole rings is 1. The van der Waals surface area contributed by atoms with Crippen LogP contribution < -0.4 is 5.73 Å². The molecule has 0 aromatic carbocycles. The van der Waals surface area contributed by atoms with Gasteiger partial charge in [0.25, 0.3) is 0 Å². The predicted octanol–water partition coefficient (Wildman–Crippen LogP) is 2.06. The van der Waals surface area contributed by atoms with Gasteiger partial charge in [-0.3, -0.25) is 0 Å². The Kier molecular flexibility index (Phi) is 3.38. The highest BCUT2D eigenvalue weighted by atomic mass is 32.1. The molecule has 0 aliphatic heterocycles. The summed E-state index contributed by atoms with van der Waals surface area (Å²) in [7, 11) is 0. The molecule has 84 valence electrons. The lowest BCUT2D eigenvalue weighted by Crippen LogP contribution is -2.43. The molecule has 0 atom stereocenters. The highest BCUT2D eigenvalue weighted by Crippen LogP contribution is 2.38. The maximum absolute atomic E-state index is 6.21. The molecule has 0 radical (unpaired) electrons. The molecule has 1 fully saturated rings. The predicted molar refractivity (Wildman–Crippen MR) is 62.0 cm³/mol. The molecule has 1 aliphatic rings. The summed E-state index contributed by atoms with van der Waals surface area (Å²) in [6, 6.07) is 0. The van der Waals surface area contributed by atoms with Gasteiger partial charge in [0.2, 0.25) is 0 Å². The average molecular weight is 226 g/mol. The lowest BCUT2D eigenvalue weighted by Gasteiger charge is -2.36. The van der Waals surface area contributed by atoms with Gasteiger partial charge >= 0.3 is 0 Å². The first kappa shape index (κ1) is 11.0. The Morgan fingerprint density at radius 1 is 1.60 bits per heavy atom. The lowest BCUT2D eigenvalue weighted by atomic mass is 9.76. The number of hydrogen-bond donors (Lipinski definition) is 1. The zero-order valence-corrected chi connectivity index (χ0v) is 9.98. The van der Waals surface area contributed by atoms with E-state index in [0.29, 0.717) is 0 Å². The van der Waals surface area contributed by atoms with Crippen LogP contribution in [0.2, 0.25) is 0 Å². The van der Waals surface area contributed by atoms with Crippen molar-refractivity contribution in [1.82, 2.24) is 4.98 Å². The van der Waals surface area contributed by atoms with E-state index in [1.54, 1.807) is 11.3 Å². The Balaban J connectivity index is 1.92. The molecular formula is C11H18N2OS. The largest absolute Gasteiger partial charge is 0.381 e. The molecule has 0 amide bonds. The molecule has 3 nitrogen and oxygen atoms in total. The topological polar surface area (TPSA) is 48.1 Å². The third-order valence-electron chi connectivity index (χ3n) is 2.97. The van der Waals surface area contributed by atoms with Crippen molar-refractivity contribution < 1.29 is 4.74 Å². The first-order valence-corrected chi connectivity index (χ1v) is 6.44. The summed E-state index contributed by atoms with van der Waals surface area (Å²) in [5.74, 6) is 0. The van der Waals surface area contributed by atoms with Crippen LogP contribution in [-0.4, -0.2) is 18.2 Å². The van der Waals surface area contributed by atoms with Crippen LogP contribution in [0.15, 0.2) is 5.38 Å². The first-order valence-electron chi connectivity index (χ1n) is 5.56. The van der Waals surface area contributed by atoms with Crippen LogP contribution in [-0.2, 0) is 16.7 Å². The zero-order chi connectivity index (χ0) is 10.7. The minimum atomic E-state index is -0.111. The van der Waals surface area contributed by atoms with E-state index < -0.39 is 0 Å². The SMILES string of the molecule is CCOCCc1nc(C2(N)CCC2)cs1. The lowest BCUT2D eigenvalue weighted by molar-refractivity contribution is 0.150. The van der Waals surface area contributed by atoms with Gasteiger partial charge in [-0.1, -0.05) is 0 Å². The Hall–Kier alpha value is -0.450. The standard InChI is InChI=1S/C11H18N2OS/c1-2-14-7-4-10-13-9(8-15-10)11(12)5-3-6-11/h8H,2-7,12H2,1H3. The number of nitrogens with zero attached hydrogens (tertiary/aromatic N) is 1. The van der Waals surface area contributed by atoms with Crippen molar-refractivity contribution in [2.75, 3.05) is 13.2 Å². The molecular weight excluding hydrogens is 208 g/mol. The van der Waals surface area contributed by atoms with Crippen LogP contribution >= 0.6 is 11.3 Å². The molecule has 1 heterocycles. The van der Waals surface area contributed by atoms with Crippen molar-refractivity contribution in [3.8, 4) is 0 Å². The van der Waals surface area contributed by atoms with Gasteiger partial charge in [-0.15, -0.1) is 11.3 Å². The fourth-order valence-electron chi connectivity index (χ4n) is 1.77. The van der Waals surface area contributed by atoms with Crippen LogP contribution in [0.25, 0.3) is 0 Å². The minimum Gasteiger partial charge on any atom is -0.381 e. The number of aromatic nitrogens is 1. The molecule has 0 spiro atoms. The summed E-state index contributed by atoms with van der Waals surface area (Å²) in [6.07, 6.45) is 4.32. The monoisotopic (exact) mass is 226 g/mol. The van der Waals surface area contributed by atoms with Crippen molar-refractivity contribution in [3.05, 3.63) is 16.1 Å². The maximum atomic E-state index is 6.21. The van der Waals surface area contributed by atoms with Gasteiger partial charge in [0.1, 0.15) is 0 Å². The number of hydrogen-bond acceptors (Lipinski definition) is 4. The molecule has 1 saturated carbocycles. The van der Waals surface area contributed by atoms with Crippen LogP contribution in [0.3, 0.4) is 0 Å². The second kappa shape index (κ2) is 4.60. The van der Waals surface area contributed by atoms with E-state index in [1.807, 2.05) is 6.92 Å². The van der Waals surface area contributed by atoms with Crippen LogP contribution in [0.1, 0.15) is 36.9 Å². The Morgan fingerprint density at radius 3 is 3.00 bits per heavy atom. The average Bonchev–Trinajstić information content (AvgIpc) is 2.64. The van der Waals surface area contributed by atoms with Crippen molar-refractivity contribution in [2.45, 2.75) is 38.1 Å². The van der Waals surface area contributed by atoms with Crippen molar-refractivity contribution >= 4 is 11.3 Å². The second-order valence-corrected chi connectivity index (χ2v) is 5.03. The second-order valence-electron chi connectivity index (χ2n) is 4.08. The Bertz CT molecular complexity index is 320. The molecule has 15 heavy (non-hydrogen) atoms. The van der Waals surface area contributed by atoms with Gasteiger partial charge in [-0.25, -0.2) is 4.98 Å². The summed E-state index contributed by atoms with van der Waals surface area (Å²) in [5, 5.41) is 3.26. The molecule has 0 unspecified atom stereocenters. The van der Waals surface area contributed by atoms with E-state index in [9.17, 15) is 0 Å². The van der Waals surface area contributed by atoms with Crippen LogP contribution in [0.5, 0.6) is 0 Å². The van der Waals surface area contributed by atoms with E-state index in [-0.39, 0.29) is 5.54 Å². The maximum Gasteiger partial charge on any atom is 0.0952 e. The normalized spacial score (nSPS) is 18.8. The van der Waals surface area contributed by atoms with Crippen molar-refractivity contribution in [3.63, 3.8) is 0 Å². The third kappa shape index (κ3) is 2.38. The van der Waals surface area contributed by atoms with Gasteiger partial charge in [-0.05, 0) is 26.2 Å². The Labute approximate surface area is 94.7 Å². The van der Waals surface area contributed by atoms with E-state index in [0.717, 1.165) is 43.2 Å². The molecule has 1 aromatic rings.